The van der Waals surface area contributed by atoms with Gasteiger partial charge in [0.05, 0.1) is 4.99 Å². The lowest BCUT2D eigenvalue weighted by atomic mass is 10.1. The smallest absolute Gasteiger partial charge is 0.253 e. The van der Waals surface area contributed by atoms with Crippen LogP contribution in [0.5, 0.6) is 0 Å². The van der Waals surface area contributed by atoms with E-state index in [0.29, 0.717) is 18.0 Å². The second-order valence-electron chi connectivity index (χ2n) is 5.44. The molecule has 0 aliphatic rings. The van der Waals surface area contributed by atoms with Crippen LogP contribution in [0, 0.1) is 6.92 Å². The molecule has 0 unspecified atom stereocenters. The van der Waals surface area contributed by atoms with E-state index in [2.05, 4.69) is 6.92 Å². The highest BCUT2D eigenvalue weighted by Crippen LogP contribution is 2.10. The first kappa shape index (κ1) is 17.6. The third-order valence-electron chi connectivity index (χ3n) is 3.50. The maximum atomic E-state index is 12.6. The van der Waals surface area contributed by atoms with Gasteiger partial charge in [-0.1, -0.05) is 56.1 Å². The Balaban J connectivity index is 2.66. The summed E-state index contributed by atoms with van der Waals surface area (Å²) in [6.07, 6.45) is 5.17. The van der Waals surface area contributed by atoms with Crippen molar-refractivity contribution in [3.63, 3.8) is 0 Å². The zero-order valence-electron chi connectivity index (χ0n) is 13.1. The summed E-state index contributed by atoms with van der Waals surface area (Å²) in [6.45, 7) is 5.58. The highest BCUT2D eigenvalue weighted by molar-refractivity contribution is 7.80. The minimum atomic E-state index is 0.0720. The van der Waals surface area contributed by atoms with E-state index in [1.807, 2.05) is 36.1 Å². The van der Waals surface area contributed by atoms with E-state index in [-0.39, 0.29) is 5.91 Å². The molecule has 4 heteroatoms. The number of aryl methyl sites for hydroxylation is 1. The van der Waals surface area contributed by atoms with Crippen LogP contribution in [-0.2, 0) is 0 Å². The molecule has 0 bridgehead atoms. The predicted molar refractivity (Wildman–Crippen MR) is 92.6 cm³/mol. The summed E-state index contributed by atoms with van der Waals surface area (Å²) < 4.78 is 0. The monoisotopic (exact) mass is 306 g/mol. The molecule has 1 amide bonds. The highest BCUT2D eigenvalue weighted by atomic mass is 32.1. The number of nitrogens with two attached hydrogens (primary N) is 1. The van der Waals surface area contributed by atoms with Crippen molar-refractivity contribution in [2.45, 2.75) is 46.0 Å². The summed E-state index contributed by atoms with van der Waals surface area (Å²) in [4.78, 5) is 14.9. The van der Waals surface area contributed by atoms with Crippen molar-refractivity contribution in [2.24, 2.45) is 5.73 Å². The molecule has 0 saturated carbocycles. The molecule has 0 saturated heterocycles. The average Bonchev–Trinajstić information content (AvgIpc) is 2.46. The van der Waals surface area contributed by atoms with Crippen LogP contribution in [-0.4, -0.2) is 28.9 Å². The van der Waals surface area contributed by atoms with Gasteiger partial charge in [0.25, 0.3) is 5.91 Å². The van der Waals surface area contributed by atoms with Crippen molar-refractivity contribution in [1.82, 2.24) is 4.90 Å². The van der Waals surface area contributed by atoms with Crippen LogP contribution in [0.25, 0.3) is 0 Å². The first-order valence-electron chi connectivity index (χ1n) is 7.69. The first-order valence-corrected chi connectivity index (χ1v) is 8.09. The Bertz CT molecular complexity index is 456. The van der Waals surface area contributed by atoms with E-state index in [1.54, 1.807) is 0 Å². The van der Waals surface area contributed by atoms with E-state index < -0.39 is 0 Å². The summed E-state index contributed by atoms with van der Waals surface area (Å²) >= 11 is 4.93. The standard InChI is InChI=1S/C17H26N2OS/c1-3-4-5-6-12-19(13-11-16(18)21)17(20)15-9-7-14(2)8-10-15/h7-10H,3-6,11-13H2,1-2H3,(H2,18,21). The number of carbonyl (C=O) groups excluding carboxylic acids is 1. The lowest BCUT2D eigenvalue weighted by Crippen LogP contribution is -2.34. The molecule has 21 heavy (non-hydrogen) atoms. The number of rotatable bonds is 9. The second kappa shape index (κ2) is 9.50. The molecule has 0 atom stereocenters. The molecule has 0 aromatic heterocycles. The van der Waals surface area contributed by atoms with Crippen LogP contribution in [0.3, 0.4) is 0 Å². The number of hydrogen-bond acceptors (Lipinski definition) is 2. The van der Waals surface area contributed by atoms with Crippen molar-refractivity contribution in [2.75, 3.05) is 13.1 Å². The molecule has 0 aliphatic carbocycles. The molecule has 0 heterocycles. The molecule has 0 fully saturated rings. The second-order valence-corrected chi connectivity index (χ2v) is 5.96. The van der Waals surface area contributed by atoms with Gasteiger partial charge in [-0.05, 0) is 25.5 Å². The van der Waals surface area contributed by atoms with Gasteiger partial charge in [-0.15, -0.1) is 0 Å². The van der Waals surface area contributed by atoms with Crippen molar-refractivity contribution < 1.29 is 4.79 Å². The third-order valence-corrected chi connectivity index (χ3v) is 3.70. The fraction of sp³-hybridized carbons (Fsp3) is 0.529. The summed E-state index contributed by atoms with van der Waals surface area (Å²) in [7, 11) is 0. The Kier molecular flexibility index (Phi) is 7.98. The Morgan fingerprint density at radius 2 is 1.81 bits per heavy atom. The summed E-state index contributed by atoms with van der Waals surface area (Å²) in [5.74, 6) is 0.0720. The van der Waals surface area contributed by atoms with Gasteiger partial charge in [-0.25, -0.2) is 0 Å². The zero-order chi connectivity index (χ0) is 15.7. The molecule has 2 N–H and O–H groups in total. The van der Waals surface area contributed by atoms with E-state index >= 15 is 0 Å². The summed E-state index contributed by atoms with van der Waals surface area (Å²) in [5, 5.41) is 0. The number of hydrogen-bond donors (Lipinski definition) is 1. The molecule has 0 radical (unpaired) electrons. The number of unbranched alkanes of at least 4 members (excludes halogenated alkanes) is 3. The Hall–Kier alpha value is -1.42. The van der Waals surface area contributed by atoms with Crippen LogP contribution < -0.4 is 5.73 Å². The van der Waals surface area contributed by atoms with E-state index in [9.17, 15) is 4.79 Å². The van der Waals surface area contributed by atoms with Crippen molar-refractivity contribution in [3.05, 3.63) is 35.4 Å². The van der Waals surface area contributed by atoms with Crippen LogP contribution in [0.4, 0.5) is 0 Å². The molecular weight excluding hydrogens is 280 g/mol. The van der Waals surface area contributed by atoms with Gasteiger partial charge in [0.15, 0.2) is 0 Å². The van der Waals surface area contributed by atoms with Crippen LogP contribution in [0.1, 0.15) is 54.9 Å². The topological polar surface area (TPSA) is 46.3 Å². The molecule has 0 aliphatic heterocycles. The SMILES string of the molecule is CCCCCCN(CCC(N)=S)C(=O)c1ccc(C)cc1. The fourth-order valence-electron chi connectivity index (χ4n) is 2.17. The van der Waals surface area contributed by atoms with Gasteiger partial charge in [0.1, 0.15) is 0 Å². The van der Waals surface area contributed by atoms with E-state index in [4.69, 9.17) is 18.0 Å². The van der Waals surface area contributed by atoms with E-state index in [1.165, 1.54) is 12.8 Å². The largest absolute Gasteiger partial charge is 0.393 e. The van der Waals surface area contributed by atoms with Crippen LogP contribution >= 0.6 is 12.2 Å². The maximum absolute atomic E-state index is 12.6. The Morgan fingerprint density at radius 3 is 2.38 bits per heavy atom. The lowest BCUT2D eigenvalue weighted by molar-refractivity contribution is 0.0757. The van der Waals surface area contributed by atoms with Crippen LogP contribution in [0.15, 0.2) is 24.3 Å². The minimum absolute atomic E-state index is 0.0720. The van der Waals surface area contributed by atoms with Gasteiger partial charge >= 0.3 is 0 Å². The number of carbonyl (C=O) groups is 1. The molecular formula is C17H26N2OS. The van der Waals surface area contributed by atoms with Gasteiger partial charge in [0.2, 0.25) is 0 Å². The van der Waals surface area contributed by atoms with Crippen molar-refractivity contribution in [3.8, 4) is 0 Å². The molecule has 116 valence electrons. The Labute approximate surface area is 133 Å². The van der Waals surface area contributed by atoms with Gasteiger partial charge in [-0.2, -0.15) is 0 Å². The van der Waals surface area contributed by atoms with Crippen molar-refractivity contribution in [1.29, 1.82) is 0 Å². The molecule has 1 rings (SSSR count). The highest BCUT2D eigenvalue weighted by Gasteiger charge is 2.15. The zero-order valence-corrected chi connectivity index (χ0v) is 13.9. The molecule has 1 aromatic rings. The average molecular weight is 306 g/mol. The number of nitrogens with zero attached hydrogens (tertiary/aromatic N) is 1. The van der Waals surface area contributed by atoms with Gasteiger partial charge in [0, 0.05) is 25.1 Å². The number of thiocarbonyl (C=S) groups is 1. The van der Waals surface area contributed by atoms with Crippen LogP contribution in [0.2, 0.25) is 0 Å². The van der Waals surface area contributed by atoms with Gasteiger partial charge in [-0.3, -0.25) is 4.79 Å². The number of benzene rings is 1. The molecule has 3 nitrogen and oxygen atoms in total. The van der Waals surface area contributed by atoms with Crippen molar-refractivity contribution >= 4 is 23.1 Å². The Morgan fingerprint density at radius 1 is 1.14 bits per heavy atom. The first-order chi connectivity index (χ1) is 10.0. The summed E-state index contributed by atoms with van der Waals surface area (Å²) in [5.41, 5.74) is 7.46. The predicted octanol–water partition coefficient (Wildman–Crippen LogP) is 3.69. The number of amides is 1. The molecule has 0 spiro atoms. The maximum Gasteiger partial charge on any atom is 0.253 e. The fourth-order valence-corrected chi connectivity index (χ4v) is 2.26. The normalized spacial score (nSPS) is 10.4. The summed E-state index contributed by atoms with van der Waals surface area (Å²) in [6, 6.07) is 7.71. The van der Waals surface area contributed by atoms with E-state index in [0.717, 1.165) is 30.5 Å². The quantitative estimate of drug-likeness (QED) is 0.559. The minimum Gasteiger partial charge on any atom is -0.393 e. The van der Waals surface area contributed by atoms with Gasteiger partial charge < -0.3 is 10.6 Å². The lowest BCUT2D eigenvalue weighted by Gasteiger charge is -2.22. The third kappa shape index (κ3) is 6.71. The molecule has 1 aromatic carbocycles.